The fraction of sp³-hybridized carbons (Fsp3) is 0.600. The molecule has 3 rings (SSSR count). The Morgan fingerprint density at radius 3 is 2.11 bits per heavy atom. The van der Waals surface area contributed by atoms with E-state index < -0.39 is 11.7 Å². The highest BCUT2D eigenvalue weighted by Crippen LogP contribution is 2.61. The van der Waals surface area contributed by atoms with Crippen LogP contribution in [0.4, 0.5) is 13.2 Å². The second kappa shape index (κ2) is 4.23. The van der Waals surface area contributed by atoms with E-state index in [9.17, 15) is 13.2 Å². The average Bonchev–Trinajstić information content (AvgIpc) is 2.25. The summed E-state index contributed by atoms with van der Waals surface area (Å²) in [7, 11) is 1.99. The van der Waals surface area contributed by atoms with Crippen molar-refractivity contribution < 1.29 is 13.2 Å². The second-order valence-electron chi connectivity index (χ2n) is 6.12. The molecule has 0 heterocycles. The van der Waals surface area contributed by atoms with Gasteiger partial charge in [0, 0.05) is 6.04 Å². The molecule has 1 aromatic carbocycles. The van der Waals surface area contributed by atoms with Gasteiger partial charge in [0.15, 0.2) is 0 Å². The molecular formula is C15H18F3N. The van der Waals surface area contributed by atoms with Crippen molar-refractivity contribution >= 4 is 0 Å². The van der Waals surface area contributed by atoms with Crippen LogP contribution in [0.5, 0.6) is 0 Å². The summed E-state index contributed by atoms with van der Waals surface area (Å²) < 4.78 is 37.4. The third-order valence-electron chi connectivity index (χ3n) is 4.84. The molecule has 0 aromatic heterocycles. The van der Waals surface area contributed by atoms with Crippen molar-refractivity contribution in [1.29, 1.82) is 0 Å². The van der Waals surface area contributed by atoms with Crippen LogP contribution < -0.4 is 5.32 Å². The number of hydrogen-bond acceptors (Lipinski definition) is 1. The van der Waals surface area contributed by atoms with Crippen LogP contribution in [0.15, 0.2) is 24.3 Å². The van der Waals surface area contributed by atoms with Gasteiger partial charge in [-0.15, -0.1) is 0 Å². The Kier molecular flexibility index (Phi) is 2.89. The van der Waals surface area contributed by atoms with Gasteiger partial charge in [0.1, 0.15) is 0 Å². The first-order valence-corrected chi connectivity index (χ1v) is 6.76. The molecule has 2 aliphatic carbocycles. The molecule has 1 nitrogen and oxygen atoms in total. The Morgan fingerprint density at radius 2 is 1.63 bits per heavy atom. The van der Waals surface area contributed by atoms with Crippen molar-refractivity contribution in [1.82, 2.24) is 5.32 Å². The maximum absolute atomic E-state index is 12.5. The third kappa shape index (κ3) is 2.27. The zero-order valence-electron chi connectivity index (χ0n) is 10.9. The van der Waals surface area contributed by atoms with Gasteiger partial charge in [0.05, 0.1) is 5.56 Å². The smallest absolute Gasteiger partial charge is 0.317 e. The molecule has 4 heteroatoms. The number of rotatable bonds is 2. The van der Waals surface area contributed by atoms with E-state index >= 15 is 0 Å². The van der Waals surface area contributed by atoms with E-state index in [4.69, 9.17) is 0 Å². The van der Waals surface area contributed by atoms with E-state index in [1.54, 1.807) is 12.1 Å². The van der Waals surface area contributed by atoms with Crippen LogP contribution in [-0.2, 0) is 6.18 Å². The molecule has 0 amide bonds. The molecule has 1 aromatic rings. The van der Waals surface area contributed by atoms with E-state index in [0.717, 1.165) is 18.4 Å². The maximum Gasteiger partial charge on any atom is 0.416 e. The highest BCUT2D eigenvalue weighted by molar-refractivity contribution is 5.30. The van der Waals surface area contributed by atoms with Crippen molar-refractivity contribution in [2.75, 3.05) is 7.05 Å². The molecule has 0 saturated heterocycles. The van der Waals surface area contributed by atoms with Gasteiger partial charge in [-0.05, 0) is 61.8 Å². The molecule has 1 N–H and O–H groups in total. The number of halogens is 3. The molecule has 1 spiro atoms. The van der Waals surface area contributed by atoms with Gasteiger partial charge >= 0.3 is 6.18 Å². The Labute approximate surface area is 111 Å². The van der Waals surface area contributed by atoms with E-state index in [1.807, 2.05) is 7.05 Å². The van der Waals surface area contributed by atoms with Gasteiger partial charge in [0.2, 0.25) is 0 Å². The maximum atomic E-state index is 12.5. The zero-order chi connectivity index (χ0) is 13.7. The number of alkyl halides is 3. The van der Waals surface area contributed by atoms with Gasteiger partial charge in [0.25, 0.3) is 0 Å². The average molecular weight is 269 g/mol. The largest absolute Gasteiger partial charge is 0.416 e. The molecule has 19 heavy (non-hydrogen) atoms. The van der Waals surface area contributed by atoms with E-state index in [0.29, 0.717) is 17.4 Å². The summed E-state index contributed by atoms with van der Waals surface area (Å²) >= 11 is 0. The van der Waals surface area contributed by atoms with Crippen molar-refractivity contribution in [2.24, 2.45) is 5.41 Å². The summed E-state index contributed by atoms with van der Waals surface area (Å²) in [5.74, 6) is 0.458. The Bertz CT molecular complexity index is 449. The van der Waals surface area contributed by atoms with Gasteiger partial charge in [-0.1, -0.05) is 12.1 Å². The molecular weight excluding hydrogens is 251 g/mol. The molecule has 2 saturated carbocycles. The minimum Gasteiger partial charge on any atom is -0.317 e. The predicted octanol–water partition coefficient (Wildman–Crippen LogP) is 3.95. The van der Waals surface area contributed by atoms with Gasteiger partial charge in [-0.3, -0.25) is 0 Å². The fourth-order valence-electron chi connectivity index (χ4n) is 3.69. The molecule has 2 fully saturated rings. The van der Waals surface area contributed by atoms with Crippen LogP contribution in [-0.4, -0.2) is 13.1 Å². The number of benzene rings is 1. The minimum atomic E-state index is -4.23. The quantitative estimate of drug-likeness (QED) is 0.857. The summed E-state index contributed by atoms with van der Waals surface area (Å²) in [6.07, 6.45) is 0.488. The highest BCUT2D eigenvalue weighted by atomic mass is 19.4. The van der Waals surface area contributed by atoms with Crippen LogP contribution in [0, 0.1) is 5.41 Å². The van der Waals surface area contributed by atoms with Crippen molar-refractivity contribution in [3.8, 4) is 0 Å². The SMILES string of the molecule is CNC1CC2(C1)CC(c1ccc(C(F)(F)F)cc1)C2. The Balaban J connectivity index is 1.61. The van der Waals surface area contributed by atoms with Crippen molar-refractivity contribution in [3.05, 3.63) is 35.4 Å². The first kappa shape index (κ1) is 13.0. The standard InChI is InChI=1S/C15H18F3N/c1-19-13-8-14(9-13)6-11(7-14)10-2-4-12(5-3-10)15(16,17)18/h2-5,11,13,19H,6-9H2,1H3. The Morgan fingerprint density at radius 1 is 1.05 bits per heavy atom. The lowest BCUT2D eigenvalue weighted by Gasteiger charge is -2.58. The van der Waals surface area contributed by atoms with Crippen LogP contribution in [0.1, 0.15) is 42.7 Å². The predicted molar refractivity (Wildman–Crippen MR) is 67.9 cm³/mol. The summed E-state index contributed by atoms with van der Waals surface area (Å²) in [5, 5.41) is 3.28. The first-order chi connectivity index (χ1) is 8.92. The summed E-state index contributed by atoms with van der Waals surface area (Å²) in [6, 6.07) is 6.35. The minimum absolute atomic E-state index is 0.458. The molecule has 2 aliphatic rings. The summed E-state index contributed by atoms with van der Waals surface area (Å²) in [6.45, 7) is 0. The van der Waals surface area contributed by atoms with Crippen LogP contribution in [0.2, 0.25) is 0 Å². The van der Waals surface area contributed by atoms with Crippen LogP contribution in [0.25, 0.3) is 0 Å². The summed E-state index contributed by atoms with van der Waals surface area (Å²) in [5.41, 5.74) is 0.997. The molecule has 0 radical (unpaired) electrons. The molecule has 0 bridgehead atoms. The molecule has 104 valence electrons. The van der Waals surface area contributed by atoms with Crippen LogP contribution >= 0.6 is 0 Å². The first-order valence-electron chi connectivity index (χ1n) is 6.76. The van der Waals surface area contributed by atoms with Gasteiger partial charge < -0.3 is 5.32 Å². The van der Waals surface area contributed by atoms with E-state index in [1.165, 1.54) is 25.0 Å². The molecule has 0 unspecified atom stereocenters. The van der Waals surface area contributed by atoms with Crippen LogP contribution in [0.3, 0.4) is 0 Å². The van der Waals surface area contributed by atoms with Crippen molar-refractivity contribution in [3.63, 3.8) is 0 Å². The third-order valence-corrected chi connectivity index (χ3v) is 4.84. The lowest BCUT2D eigenvalue weighted by Crippen LogP contribution is -2.53. The van der Waals surface area contributed by atoms with Crippen molar-refractivity contribution in [2.45, 2.75) is 43.8 Å². The van der Waals surface area contributed by atoms with Gasteiger partial charge in [-0.25, -0.2) is 0 Å². The molecule has 0 atom stereocenters. The van der Waals surface area contributed by atoms with Gasteiger partial charge in [-0.2, -0.15) is 13.2 Å². The highest BCUT2D eigenvalue weighted by Gasteiger charge is 2.52. The topological polar surface area (TPSA) is 12.0 Å². The lowest BCUT2D eigenvalue weighted by molar-refractivity contribution is -0.137. The van der Waals surface area contributed by atoms with E-state index in [2.05, 4.69) is 5.32 Å². The summed E-state index contributed by atoms with van der Waals surface area (Å²) in [4.78, 5) is 0. The Hall–Kier alpha value is -1.03. The normalized spacial score (nSPS) is 33.9. The lowest BCUT2D eigenvalue weighted by atomic mass is 9.49. The molecule has 0 aliphatic heterocycles. The number of hydrogen-bond donors (Lipinski definition) is 1. The second-order valence-corrected chi connectivity index (χ2v) is 6.12. The monoisotopic (exact) mass is 269 g/mol. The zero-order valence-corrected chi connectivity index (χ0v) is 10.9. The fourth-order valence-corrected chi connectivity index (χ4v) is 3.69. The number of nitrogens with one attached hydrogen (secondary N) is 1. The van der Waals surface area contributed by atoms with E-state index in [-0.39, 0.29) is 0 Å².